The summed E-state index contributed by atoms with van der Waals surface area (Å²) < 4.78 is 9.94. The molecule has 2 rings (SSSR count). The second-order valence-electron chi connectivity index (χ2n) is 7.28. The molecular formula is C24H30N2O5. The topological polar surface area (TPSA) is 84.9 Å². The van der Waals surface area contributed by atoms with Gasteiger partial charge in [-0.15, -0.1) is 0 Å². The number of nitrogens with one attached hydrogen (secondary N) is 1. The minimum Gasteiger partial charge on any atom is -0.469 e. The summed E-state index contributed by atoms with van der Waals surface area (Å²) in [7, 11) is 1.34. The van der Waals surface area contributed by atoms with E-state index in [1.54, 1.807) is 11.8 Å². The first-order valence-corrected chi connectivity index (χ1v) is 10.3. The largest absolute Gasteiger partial charge is 0.469 e. The molecule has 0 aliphatic heterocycles. The molecule has 31 heavy (non-hydrogen) atoms. The molecule has 0 spiro atoms. The Labute approximate surface area is 183 Å². The third-order valence-electron chi connectivity index (χ3n) is 4.72. The molecule has 0 aliphatic carbocycles. The molecular weight excluding hydrogens is 396 g/mol. The molecule has 2 aromatic rings. The fourth-order valence-electron chi connectivity index (χ4n) is 3.03. The monoisotopic (exact) mass is 426 g/mol. The number of hydrogen-bond donors (Lipinski definition) is 1. The number of amides is 2. The summed E-state index contributed by atoms with van der Waals surface area (Å²) in [4.78, 5) is 38.0. The van der Waals surface area contributed by atoms with Crippen LogP contribution in [0.2, 0.25) is 0 Å². The predicted octanol–water partition coefficient (Wildman–Crippen LogP) is 3.53. The van der Waals surface area contributed by atoms with Crippen molar-refractivity contribution in [2.45, 2.75) is 32.9 Å². The Bertz CT molecular complexity index is 826. The Kier molecular flexibility index (Phi) is 10.1. The number of nitrogens with zero attached hydrogens (tertiary/aromatic N) is 1. The van der Waals surface area contributed by atoms with Crippen LogP contribution in [0.4, 0.5) is 4.79 Å². The summed E-state index contributed by atoms with van der Waals surface area (Å²) in [5, 5.41) is 2.66. The van der Waals surface area contributed by atoms with Crippen molar-refractivity contribution in [3.05, 3.63) is 71.8 Å². The maximum Gasteiger partial charge on any atom is 0.407 e. The van der Waals surface area contributed by atoms with E-state index in [0.29, 0.717) is 19.5 Å². The average Bonchev–Trinajstić information content (AvgIpc) is 2.80. The van der Waals surface area contributed by atoms with Crippen molar-refractivity contribution in [2.24, 2.45) is 5.92 Å². The molecule has 7 nitrogen and oxygen atoms in total. The maximum absolute atomic E-state index is 12.8. The van der Waals surface area contributed by atoms with Crippen LogP contribution >= 0.6 is 0 Å². The van der Waals surface area contributed by atoms with Crippen LogP contribution in [0, 0.1) is 5.92 Å². The summed E-state index contributed by atoms with van der Waals surface area (Å²) in [5.41, 5.74) is 1.89. The zero-order chi connectivity index (χ0) is 22.5. The molecule has 7 heteroatoms. The molecule has 0 heterocycles. The van der Waals surface area contributed by atoms with Gasteiger partial charge in [0, 0.05) is 26.1 Å². The van der Waals surface area contributed by atoms with Gasteiger partial charge in [-0.25, -0.2) is 4.79 Å². The lowest BCUT2D eigenvalue weighted by molar-refractivity contribution is -0.146. The van der Waals surface area contributed by atoms with Gasteiger partial charge in [-0.05, 0) is 17.5 Å². The number of rotatable bonds is 11. The first kappa shape index (κ1) is 23.9. The van der Waals surface area contributed by atoms with E-state index in [-0.39, 0.29) is 31.4 Å². The number of alkyl carbamates (subject to hydrolysis) is 1. The molecule has 1 unspecified atom stereocenters. The molecule has 0 fully saturated rings. The lowest BCUT2D eigenvalue weighted by Gasteiger charge is -2.25. The van der Waals surface area contributed by atoms with Crippen LogP contribution in [0.3, 0.4) is 0 Å². The Balaban J connectivity index is 1.79. The smallest absolute Gasteiger partial charge is 0.407 e. The van der Waals surface area contributed by atoms with Gasteiger partial charge in [0.15, 0.2) is 0 Å². The summed E-state index contributed by atoms with van der Waals surface area (Å²) in [6.45, 7) is 2.94. The Morgan fingerprint density at radius 3 is 2.19 bits per heavy atom. The van der Waals surface area contributed by atoms with Crippen molar-refractivity contribution >= 4 is 18.0 Å². The number of carbonyl (C=O) groups excluding carboxylic acids is 3. The van der Waals surface area contributed by atoms with Crippen molar-refractivity contribution < 1.29 is 23.9 Å². The van der Waals surface area contributed by atoms with Crippen LogP contribution in [0.1, 0.15) is 30.9 Å². The number of esters is 1. The highest BCUT2D eigenvalue weighted by atomic mass is 16.5. The predicted molar refractivity (Wildman–Crippen MR) is 117 cm³/mol. The second-order valence-corrected chi connectivity index (χ2v) is 7.28. The molecule has 0 aliphatic rings. The van der Waals surface area contributed by atoms with E-state index in [0.717, 1.165) is 11.1 Å². The number of ether oxygens (including phenoxy) is 2. The van der Waals surface area contributed by atoms with Crippen LogP contribution < -0.4 is 5.32 Å². The molecule has 0 radical (unpaired) electrons. The van der Waals surface area contributed by atoms with Gasteiger partial charge in [0.1, 0.15) is 6.61 Å². The van der Waals surface area contributed by atoms with Crippen LogP contribution in [-0.2, 0) is 32.2 Å². The van der Waals surface area contributed by atoms with E-state index in [4.69, 9.17) is 9.47 Å². The van der Waals surface area contributed by atoms with Gasteiger partial charge in [0.2, 0.25) is 5.91 Å². The van der Waals surface area contributed by atoms with E-state index in [1.807, 2.05) is 60.7 Å². The number of carbonyl (C=O) groups is 3. The molecule has 2 amide bonds. The summed E-state index contributed by atoms with van der Waals surface area (Å²) in [5.74, 6) is -0.864. The highest BCUT2D eigenvalue weighted by molar-refractivity contribution is 5.78. The van der Waals surface area contributed by atoms with Gasteiger partial charge in [0.25, 0.3) is 0 Å². The number of hydrogen-bond acceptors (Lipinski definition) is 5. The SMILES string of the molecule is COC(=O)C(C)CN(Cc1ccccc1)C(=O)CCCNC(=O)OCc1ccccc1. The van der Waals surface area contributed by atoms with Crippen LogP contribution in [0.5, 0.6) is 0 Å². The molecule has 1 atom stereocenters. The van der Waals surface area contributed by atoms with Gasteiger partial charge in [-0.3, -0.25) is 9.59 Å². The average molecular weight is 427 g/mol. The Hall–Kier alpha value is -3.35. The lowest BCUT2D eigenvalue weighted by Crippen LogP contribution is -2.37. The van der Waals surface area contributed by atoms with E-state index in [2.05, 4.69) is 5.32 Å². The molecule has 0 bridgehead atoms. The van der Waals surface area contributed by atoms with Crippen LogP contribution in [-0.4, -0.2) is 43.1 Å². The van der Waals surface area contributed by atoms with E-state index >= 15 is 0 Å². The zero-order valence-electron chi connectivity index (χ0n) is 18.1. The van der Waals surface area contributed by atoms with Gasteiger partial charge in [0.05, 0.1) is 13.0 Å². The van der Waals surface area contributed by atoms with Crippen molar-refractivity contribution in [2.75, 3.05) is 20.2 Å². The second kappa shape index (κ2) is 13.1. The quantitative estimate of drug-likeness (QED) is 0.439. The first-order chi connectivity index (χ1) is 15.0. The molecule has 0 aromatic heterocycles. The Morgan fingerprint density at radius 1 is 0.968 bits per heavy atom. The summed E-state index contributed by atoms with van der Waals surface area (Å²) in [6, 6.07) is 19.0. The normalized spacial score (nSPS) is 11.3. The van der Waals surface area contributed by atoms with E-state index < -0.39 is 12.0 Å². The first-order valence-electron chi connectivity index (χ1n) is 10.3. The zero-order valence-corrected chi connectivity index (χ0v) is 18.1. The van der Waals surface area contributed by atoms with Crippen molar-refractivity contribution in [3.8, 4) is 0 Å². The minimum atomic E-state index is -0.517. The molecule has 1 N–H and O–H groups in total. The van der Waals surface area contributed by atoms with Crippen molar-refractivity contribution in [1.82, 2.24) is 10.2 Å². The summed E-state index contributed by atoms with van der Waals surface area (Å²) in [6.07, 6.45) is 0.202. The summed E-state index contributed by atoms with van der Waals surface area (Å²) >= 11 is 0. The van der Waals surface area contributed by atoms with Gasteiger partial charge >= 0.3 is 12.1 Å². The molecule has 166 valence electrons. The molecule has 0 saturated carbocycles. The fraction of sp³-hybridized carbons (Fsp3) is 0.375. The standard InChI is InChI=1S/C24H30N2O5/c1-19(23(28)30-2)16-26(17-20-10-5-3-6-11-20)22(27)14-9-15-25-24(29)31-18-21-12-7-4-8-13-21/h3-8,10-13,19H,9,14-18H2,1-2H3,(H,25,29). The van der Waals surface area contributed by atoms with Crippen molar-refractivity contribution in [1.29, 1.82) is 0 Å². The van der Waals surface area contributed by atoms with Gasteiger partial charge in [-0.1, -0.05) is 67.6 Å². The highest BCUT2D eigenvalue weighted by Gasteiger charge is 2.21. The van der Waals surface area contributed by atoms with Crippen LogP contribution in [0.25, 0.3) is 0 Å². The number of methoxy groups -OCH3 is 1. The third kappa shape index (κ3) is 8.90. The Morgan fingerprint density at radius 2 is 1.58 bits per heavy atom. The van der Waals surface area contributed by atoms with Crippen LogP contribution in [0.15, 0.2) is 60.7 Å². The lowest BCUT2D eigenvalue weighted by atomic mass is 10.1. The maximum atomic E-state index is 12.8. The van der Waals surface area contributed by atoms with E-state index in [1.165, 1.54) is 7.11 Å². The minimum absolute atomic E-state index is 0.0842. The third-order valence-corrected chi connectivity index (χ3v) is 4.72. The molecule has 2 aromatic carbocycles. The molecule has 0 saturated heterocycles. The fourth-order valence-corrected chi connectivity index (χ4v) is 3.03. The highest BCUT2D eigenvalue weighted by Crippen LogP contribution is 2.11. The van der Waals surface area contributed by atoms with E-state index in [9.17, 15) is 14.4 Å². The van der Waals surface area contributed by atoms with Gasteiger partial charge < -0.3 is 19.7 Å². The number of benzene rings is 2. The van der Waals surface area contributed by atoms with Crippen molar-refractivity contribution in [3.63, 3.8) is 0 Å². The van der Waals surface area contributed by atoms with Gasteiger partial charge in [-0.2, -0.15) is 0 Å².